The van der Waals surface area contributed by atoms with E-state index in [0.29, 0.717) is 6.54 Å². The second kappa shape index (κ2) is 4.42. The van der Waals surface area contributed by atoms with Gasteiger partial charge in [-0.3, -0.25) is 0 Å². The number of aromatic nitrogens is 3. The molecular weight excluding hydrogens is 230 g/mol. The number of aliphatic hydroxyl groups is 1. The van der Waals surface area contributed by atoms with Crippen molar-refractivity contribution in [3.05, 3.63) is 30.1 Å². The molecule has 0 aliphatic carbocycles. The van der Waals surface area contributed by atoms with Gasteiger partial charge in [-0.05, 0) is 18.6 Å². The summed E-state index contributed by atoms with van der Waals surface area (Å²) in [6, 6.07) is 7.72. The molecule has 1 aliphatic heterocycles. The van der Waals surface area contributed by atoms with E-state index in [1.165, 1.54) is 0 Å². The Labute approximate surface area is 105 Å². The standard InChI is InChI=1S/C13H15N3O2/c1-18-11-5-3-2-4-10(11)13-15-14-12-7-6-9(17)8-16(12)13/h2-5,9,17H,6-8H2,1H3. The van der Waals surface area contributed by atoms with E-state index in [-0.39, 0.29) is 6.10 Å². The van der Waals surface area contributed by atoms with E-state index in [1.54, 1.807) is 7.11 Å². The number of ether oxygens (including phenoxy) is 1. The molecule has 18 heavy (non-hydrogen) atoms. The Morgan fingerprint density at radius 3 is 3.00 bits per heavy atom. The molecule has 1 aromatic heterocycles. The van der Waals surface area contributed by atoms with Gasteiger partial charge in [-0.15, -0.1) is 10.2 Å². The Morgan fingerprint density at radius 1 is 1.33 bits per heavy atom. The zero-order valence-electron chi connectivity index (χ0n) is 10.2. The first-order chi connectivity index (χ1) is 8.79. The number of methoxy groups -OCH3 is 1. The average molecular weight is 245 g/mol. The summed E-state index contributed by atoms with van der Waals surface area (Å²) in [6.45, 7) is 0.551. The summed E-state index contributed by atoms with van der Waals surface area (Å²) in [5, 5.41) is 18.2. The first kappa shape index (κ1) is 11.2. The summed E-state index contributed by atoms with van der Waals surface area (Å²) in [6.07, 6.45) is 1.20. The molecule has 5 nitrogen and oxygen atoms in total. The second-order valence-electron chi connectivity index (χ2n) is 4.44. The summed E-state index contributed by atoms with van der Waals surface area (Å²) in [5.41, 5.74) is 0.910. The van der Waals surface area contributed by atoms with Crippen LogP contribution in [0.25, 0.3) is 11.4 Å². The fraction of sp³-hybridized carbons (Fsp3) is 0.385. The van der Waals surface area contributed by atoms with Crippen LogP contribution in [0.4, 0.5) is 0 Å². The summed E-state index contributed by atoms with van der Waals surface area (Å²) in [7, 11) is 1.64. The van der Waals surface area contributed by atoms with Crippen molar-refractivity contribution in [2.75, 3.05) is 7.11 Å². The second-order valence-corrected chi connectivity index (χ2v) is 4.44. The van der Waals surface area contributed by atoms with Crippen molar-refractivity contribution in [2.45, 2.75) is 25.5 Å². The van der Waals surface area contributed by atoms with E-state index in [0.717, 1.165) is 35.8 Å². The molecule has 0 fully saturated rings. The lowest BCUT2D eigenvalue weighted by molar-refractivity contribution is 0.131. The quantitative estimate of drug-likeness (QED) is 0.865. The van der Waals surface area contributed by atoms with E-state index >= 15 is 0 Å². The Balaban J connectivity index is 2.10. The van der Waals surface area contributed by atoms with E-state index in [2.05, 4.69) is 10.2 Å². The van der Waals surface area contributed by atoms with Gasteiger partial charge in [0, 0.05) is 6.42 Å². The smallest absolute Gasteiger partial charge is 0.167 e. The number of hydrogen-bond acceptors (Lipinski definition) is 4. The third kappa shape index (κ3) is 1.76. The van der Waals surface area contributed by atoms with Gasteiger partial charge in [-0.1, -0.05) is 12.1 Å². The number of benzene rings is 1. The highest BCUT2D eigenvalue weighted by Gasteiger charge is 2.23. The van der Waals surface area contributed by atoms with E-state index < -0.39 is 0 Å². The third-order valence-electron chi connectivity index (χ3n) is 3.27. The lowest BCUT2D eigenvalue weighted by Gasteiger charge is -2.20. The first-order valence-corrected chi connectivity index (χ1v) is 6.03. The van der Waals surface area contributed by atoms with Gasteiger partial charge >= 0.3 is 0 Å². The summed E-state index contributed by atoms with van der Waals surface area (Å²) < 4.78 is 7.32. The molecule has 1 N–H and O–H groups in total. The Kier molecular flexibility index (Phi) is 2.76. The molecule has 2 aromatic rings. The number of rotatable bonds is 2. The van der Waals surface area contributed by atoms with Crippen molar-refractivity contribution in [3.63, 3.8) is 0 Å². The Hall–Kier alpha value is -1.88. The number of para-hydroxylation sites is 1. The van der Waals surface area contributed by atoms with Crippen LogP contribution >= 0.6 is 0 Å². The zero-order valence-corrected chi connectivity index (χ0v) is 10.2. The first-order valence-electron chi connectivity index (χ1n) is 6.03. The van der Waals surface area contributed by atoms with Crippen molar-refractivity contribution in [2.24, 2.45) is 0 Å². The van der Waals surface area contributed by atoms with Gasteiger partial charge in [-0.2, -0.15) is 0 Å². The maximum atomic E-state index is 9.76. The van der Waals surface area contributed by atoms with E-state index in [9.17, 15) is 5.11 Å². The van der Waals surface area contributed by atoms with Crippen molar-refractivity contribution in [3.8, 4) is 17.1 Å². The molecule has 1 aromatic carbocycles. The number of hydrogen-bond donors (Lipinski definition) is 1. The molecule has 1 atom stereocenters. The zero-order chi connectivity index (χ0) is 12.5. The van der Waals surface area contributed by atoms with Crippen LogP contribution in [0.15, 0.2) is 24.3 Å². The minimum absolute atomic E-state index is 0.318. The largest absolute Gasteiger partial charge is 0.496 e. The van der Waals surface area contributed by atoms with Crippen molar-refractivity contribution in [1.82, 2.24) is 14.8 Å². The molecule has 0 saturated heterocycles. The minimum Gasteiger partial charge on any atom is -0.496 e. The normalized spacial score (nSPS) is 18.4. The summed E-state index contributed by atoms with van der Waals surface area (Å²) in [4.78, 5) is 0. The van der Waals surface area contributed by atoms with Crippen LogP contribution in [-0.2, 0) is 13.0 Å². The van der Waals surface area contributed by atoms with Crippen LogP contribution in [0.3, 0.4) is 0 Å². The number of aryl methyl sites for hydroxylation is 1. The molecule has 0 amide bonds. The fourth-order valence-corrected chi connectivity index (χ4v) is 2.34. The third-order valence-corrected chi connectivity index (χ3v) is 3.27. The highest BCUT2D eigenvalue weighted by Crippen LogP contribution is 2.30. The van der Waals surface area contributed by atoms with E-state index in [1.807, 2.05) is 28.8 Å². The van der Waals surface area contributed by atoms with Crippen LogP contribution < -0.4 is 4.74 Å². The Morgan fingerprint density at radius 2 is 2.17 bits per heavy atom. The maximum absolute atomic E-state index is 9.76. The number of aliphatic hydroxyl groups excluding tert-OH is 1. The molecule has 5 heteroatoms. The van der Waals surface area contributed by atoms with Crippen LogP contribution in [0, 0.1) is 0 Å². The molecular formula is C13H15N3O2. The van der Waals surface area contributed by atoms with Gasteiger partial charge < -0.3 is 14.4 Å². The van der Waals surface area contributed by atoms with Crippen molar-refractivity contribution >= 4 is 0 Å². The molecule has 0 spiro atoms. The van der Waals surface area contributed by atoms with Crippen LogP contribution in [-0.4, -0.2) is 33.1 Å². The summed E-state index contributed by atoms with van der Waals surface area (Å²) in [5.74, 6) is 2.47. The topological polar surface area (TPSA) is 60.2 Å². The number of nitrogens with zero attached hydrogens (tertiary/aromatic N) is 3. The van der Waals surface area contributed by atoms with Crippen LogP contribution in [0.1, 0.15) is 12.2 Å². The molecule has 0 radical (unpaired) electrons. The maximum Gasteiger partial charge on any atom is 0.167 e. The predicted octanol–water partition coefficient (Wildman–Crippen LogP) is 1.26. The molecule has 0 bridgehead atoms. The molecule has 0 saturated carbocycles. The van der Waals surface area contributed by atoms with Gasteiger partial charge in [0.2, 0.25) is 0 Å². The van der Waals surface area contributed by atoms with Gasteiger partial charge in [0.1, 0.15) is 11.6 Å². The minimum atomic E-state index is -0.318. The van der Waals surface area contributed by atoms with Crippen LogP contribution in [0.2, 0.25) is 0 Å². The van der Waals surface area contributed by atoms with Crippen molar-refractivity contribution < 1.29 is 9.84 Å². The SMILES string of the molecule is COc1ccccc1-c1nnc2n1CC(O)CC2. The van der Waals surface area contributed by atoms with E-state index in [4.69, 9.17) is 4.74 Å². The lowest BCUT2D eigenvalue weighted by atomic mass is 10.1. The molecule has 1 unspecified atom stereocenters. The molecule has 3 rings (SSSR count). The molecule has 94 valence electrons. The van der Waals surface area contributed by atoms with Gasteiger partial charge in [-0.25, -0.2) is 0 Å². The molecule has 2 heterocycles. The van der Waals surface area contributed by atoms with Crippen molar-refractivity contribution in [1.29, 1.82) is 0 Å². The monoisotopic (exact) mass is 245 g/mol. The predicted molar refractivity (Wildman–Crippen MR) is 66.3 cm³/mol. The molecule has 1 aliphatic rings. The average Bonchev–Trinajstić information content (AvgIpc) is 2.81. The highest BCUT2D eigenvalue weighted by molar-refractivity contribution is 5.64. The highest BCUT2D eigenvalue weighted by atomic mass is 16.5. The Bertz CT molecular complexity index is 565. The van der Waals surface area contributed by atoms with Gasteiger partial charge in [0.15, 0.2) is 5.82 Å². The lowest BCUT2D eigenvalue weighted by Crippen LogP contribution is -2.24. The number of fused-ring (bicyclic) bond motifs is 1. The fourth-order valence-electron chi connectivity index (χ4n) is 2.34. The van der Waals surface area contributed by atoms with Crippen LogP contribution in [0.5, 0.6) is 5.75 Å². The van der Waals surface area contributed by atoms with Gasteiger partial charge in [0.25, 0.3) is 0 Å². The summed E-state index contributed by atoms with van der Waals surface area (Å²) >= 11 is 0. The van der Waals surface area contributed by atoms with Gasteiger partial charge in [0.05, 0.1) is 25.3 Å².